The van der Waals surface area contributed by atoms with Crippen molar-refractivity contribution in [1.82, 2.24) is 10.3 Å². The largest absolute Gasteiger partial charge is 0.381 e. The molecule has 5 nitrogen and oxygen atoms in total. The lowest BCUT2D eigenvalue weighted by atomic mass is 9.64. The van der Waals surface area contributed by atoms with Crippen molar-refractivity contribution in [2.45, 2.75) is 38.8 Å². The highest BCUT2D eigenvalue weighted by molar-refractivity contribution is 7.09. The summed E-state index contributed by atoms with van der Waals surface area (Å²) in [4.78, 5) is 16.4. The van der Waals surface area contributed by atoms with E-state index in [2.05, 4.69) is 24.1 Å². The fourth-order valence-corrected chi connectivity index (χ4v) is 3.21. The minimum atomic E-state index is -0.104. The molecule has 0 aromatic carbocycles. The van der Waals surface area contributed by atoms with Gasteiger partial charge in [-0.05, 0) is 13.0 Å². The molecule has 2 unspecified atom stereocenters. The zero-order valence-electron chi connectivity index (χ0n) is 11.6. The van der Waals surface area contributed by atoms with Gasteiger partial charge in [0.05, 0.1) is 11.1 Å². The number of hydrogen-bond donors (Lipinski definition) is 2. The Hall–Kier alpha value is -0.980. The van der Waals surface area contributed by atoms with Crippen molar-refractivity contribution in [2.75, 3.05) is 13.7 Å². The van der Waals surface area contributed by atoms with Gasteiger partial charge in [-0.3, -0.25) is 4.79 Å². The molecule has 1 aromatic rings. The first-order valence-corrected chi connectivity index (χ1v) is 7.35. The maximum atomic E-state index is 12.1. The van der Waals surface area contributed by atoms with Crippen LogP contribution in [0, 0.1) is 5.41 Å². The molecule has 106 valence electrons. The van der Waals surface area contributed by atoms with Crippen LogP contribution < -0.4 is 11.1 Å². The van der Waals surface area contributed by atoms with E-state index >= 15 is 0 Å². The van der Waals surface area contributed by atoms with Crippen LogP contribution in [0.15, 0.2) is 5.38 Å². The number of nitrogens with one attached hydrogen (secondary N) is 1. The summed E-state index contributed by atoms with van der Waals surface area (Å²) in [6.07, 6.45) is 1.79. The van der Waals surface area contributed by atoms with Crippen molar-refractivity contribution in [2.24, 2.45) is 11.1 Å². The molecule has 2 atom stereocenters. The van der Waals surface area contributed by atoms with Crippen LogP contribution >= 0.6 is 11.3 Å². The highest BCUT2D eigenvalue weighted by Gasteiger charge is 2.49. The zero-order chi connectivity index (χ0) is 14.0. The van der Waals surface area contributed by atoms with Crippen LogP contribution in [-0.2, 0) is 11.2 Å². The lowest BCUT2D eigenvalue weighted by Gasteiger charge is -2.51. The number of nitrogens with two attached hydrogens (primary N) is 1. The lowest BCUT2D eigenvalue weighted by Crippen LogP contribution is -2.61. The third-order valence-corrected chi connectivity index (χ3v) is 4.82. The van der Waals surface area contributed by atoms with Crippen LogP contribution in [0.2, 0.25) is 0 Å². The smallest absolute Gasteiger partial charge is 0.270 e. The average Bonchev–Trinajstić information content (AvgIpc) is 2.82. The molecule has 19 heavy (non-hydrogen) atoms. The Morgan fingerprint density at radius 2 is 2.42 bits per heavy atom. The van der Waals surface area contributed by atoms with E-state index in [1.165, 1.54) is 11.3 Å². The van der Waals surface area contributed by atoms with E-state index in [9.17, 15) is 4.79 Å². The molecular formula is C13H21N3O2S. The zero-order valence-corrected chi connectivity index (χ0v) is 12.4. The second-order valence-corrected chi connectivity index (χ2v) is 6.42. The monoisotopic (exact) mass is 283 g/mol. The molecular weight excluding hydrogens is 262 g/mol. The molecule has 0 aliphatic heterocycles. The van der Waals surface area contributed by atoms with Crippen LogP contribution in [0.4, 0.5) is 0 Å². The first kappa shape index (κ1) is 14.4. The van der Waals surface area contributed by atoms with Crippen LogP contribution in [0.25, 0.3) is 0 Å². The van der Waals surface area contributed by atoms with E-state index in [1.54, 1.807) is 12.5 Å². The van der Waals surface area contributed by atoms with E-state index < -0.39 is 0 Å². The van der Waals surface area contributed by atoms with Gasteiger partial charge in [-0.25, -0.2) is 4.98 Å². The lowest BCUT2D eigenvalue weighted by molar-refractivity contribution is -0.0942. The number of carbonyl (C=O) groups is 1. The van der Waals surface area contributed by atoms with Crippen LogP contribution in [-0.4, -0.2) is 36.7 Å². The predicted molar refractivity (Wildman–Crippen MR) is 75.3 cm³/mol. The predicted octanol–water partition coefficient (Wildman–Crippen LogP) is 1.19. The van der Waals surface area contributed by atoms with Crippen molar-refractivity contribution in [3.05, 3.63) is 16.1 Å². The average molecular weight is 283 g/mol. The number of aromatic nitrogens is 1. The fourth-order valence-electron chi connectivity index (χ4n) is 2.42. The van der Waals surface area contributed by atoms with Gasteiger partial charge in [0.15, 0.2) is 0 Å². The van der Waals surface area contributed by atoms with Crippen LogP contribution in [0.3, 0.4) is 0 Å². The Balaban J connectivity index is 1.94. The van der Waals surface area contributed by atoms with E-state index in [0.717, 1.165) is 17.8 Å². The number of thiazole rings is 1. The molecule has 2 rings (SSSR count). The molecule has 0 saturated heterocycles. The molecule has 0 bridgehead atoms. The minimum absolute atomic E-state index is 0.0273. The van der Waals surface area contributed by atoms with E-state index in [4.69, 9.17) is 10.5 Å². The number of rotatable bonds is 5. The van der Waals surface area contributed by atoms with E-state index in [0.29, 0.717) is 12.2 Å². The topological polar surface area (TPSA) is 77.2 Å². The molecule has 1 fully saturated rings. The molecule has 3 N–H and O–H groups in total. The number of hydrogen-bond acceptors (Lipinski definition) is 5. The maximum absolute atomic E-state index is 12.1. The molecule has 1 aliphatic carbocycles. The number of amides is 1. The van der Waals surface area contributed by atoms with Gasteiger partial charge in [0.1, 0.15) is 5.69 Å². The summed E-state index contributed by atoms with van der Waals surface area (Å²) in [7, 11) is 1.71. The summed E-state index contributed by atoms with van der Waals surface area (Å²) in [6.45, 7) is 4.77. The first-order chi connectivity index (χ1) is 8.98. The number of nitrogens with zero attached hydrogens (tertiary/aromatic N) is 1. The third kappa shape index (κ3) is 2.80. The van der Waals surface area contributed by atoms with Gasteiger partial charge in [-0.2, -0.15) is 0 Å². The molecule has 1 aromatic heterocycles. The van der Waals surface area contributed by atoms with Crippen molar-refractivity contribution in [3.8, 4) is 0 Å². The Labute approximate surface area is 117 Å². The highest BCUT2D eigenvalue weighted by atomic mass is 32.1. The van der Waals surface area contributed by atoms with Crippen molar-refractivity contribution < 1.29 is 9.53 Å². The third-order valence-electron chi connectivity index (χ3n) is 3.91. The Morgan fingerprint density at radius 3 is 3.00 bits per heavy atom. The summed E-state index contributed by atoms with van der Waals surface area (Å²) in [6, 6.07) is 0.143. The van der Waals surface area contributed by atoms with Crippen molar-refractivity contribution >= 4 is 17.2 Å². The van der Waals surface area contributed by atoms with Crippen molar-refractivity contribution in [1.29, 1.82) is 0 Å². The fraction of sp³-hybridized carbons (Fsp3) is 0.692. The molecule has 0 spiro atoms. The van der Waals surface area contributed by atoms with Crippen molar-refractivity contribution in [3.63, 3.8) is 0 Å². The molecule has 1 heterocycles. The quantitative estimate of drug-likeness (QED) is 0.851. The molecule has 6 heteroatoms. The van der Waals surface area contributed by atoms with Gasteiger partial charge in [-0.15, -0.1) is 11.3 Å². The van der Waals surface area contributed by atoms with Gasteiger partial charge in [-0.1, -0.05) is 13.8 Å². The van der Waals surface area contributed by atoms with Gasteiger partial charge in [0, 0.05) is 30.4 Å². The number of methoxy groups -OCH3 is 1. The normalized spacial score (nSPS) is 24.8. The minimum Gasteiger partial charge on any atom is -0.381 e. The first-order valence-electron chi connectivity index (χ1n) is 6.47. The molecule has 1 aliphatic rings. The summed E-state index contributed by atoms with van der Waals surface area (Å²) in [5.74, 6) is -0.104. The Bertz CT molecular complexity index is 458. The van der Waals surface area contributed by atoms with E-state index in [-0.39, 0.29) is 23.5 Å². The van der Waals surface area contributed by atoms with Gasteiger partial charge < -0.3 is 15.8 Å². The number of carbonyl (C=O) groups excluding carboxylic acids is 1. The van der Waals surface area contributed by atoms with E-state index in [1.807, 2.05) is 0 Å². The summed E-state index contributed by atoms with van der Waals surface area (Å²) in [5.41, 5.74) is 5.94. The SMILES string of the molecule is COC1CC(NC(=O)c2csc(CCN)n2)C1(C)C. The van der Waals surface area contributed by atoms with Crippen LogP contribution in [0.5, 0.6) is 0 Å². The van der Waals surface area contributed by atoms with Gasteiger partial charge in [0.2, 0.25) is 0 Å². The molecule has 1 saturated carbocycles. The van der Waals surface area contributed by atoms with Gasteiger partial charge in [0.25, 0.3) is 5.91 Å². The second kappa shape index (κ2) is 5.56. The summed E-state index contributed by atoms with van der Waals surface area (Å²) >= 11 is 1.48. The highest BCUT2D eigenvalue weighted by Crippen LogP contribution is 2.42. The van der Waals surface area contributed by atoms with Crippen LogP contribution in [0.1, 0.15) is 35.8 Å². The standard InChI is InChI=1S/C13H21N3O2S/c1-13(2)9(6-10(13)18-3)16-12(17)8-7-19-11(15-8)4-5-14/h7,9-10H,4-6,14H2,1-3H3,(H,16,17). The summed E-state index contributed by atoms with van der Waals surface area (Å²) in [5, 5.41) is 5.74. The Kier molecular flexibility index (Phi) is 4.23. The molecule has 0 radical (unpaired) electrons. The maximum Gasteiger partial charge on any atom is 0.270 e. The summed E-state index contributed by atoms with van der Waals surface area (Å²) < 4.78 is 5.38. The second-order valence-electron chi connectivity index (χ2n) is 5.47. The Morgan fingerprint density at radius 1 is 1.68 bits per heavy atom. The molecule has 1 amide bonds. The van der Waals surface area contributed by atoms with Gasteiger partial charge >= 0.3 is 0 Å². The number of ether oxygens (including phenoxy) is 1.